The molecule has 0 saturated carbocycles. The smallest absolute Gasteiger partial charge is 0.243 e. The quantitative estimate of drug-likeness (QED) is 0.903. The lowest BCUT2D eigenvalue weighted by atomic mass is 10.3. The van der Waals surface area contributed by atoms with E-state index in [-0.39, 0.29) is 6.04 Å². The molecule has 0 bridgehead atoms. The standard InChI is InChI=1S/C11H17N3O2S2/c1-12-11-7-10(3-5-13-11)18(15,16)14(2)9-4-6-17-8-9/h3,5,7,9H,4,6,8H2,1-2H3,(H,12,13). The van der Waals surface area contributed by atoms with E-state index in [9.17, 15) is 8.42 Å². The number of thioether (sulfide) groups is 1. The van der Waals surface area contributed by atoms with Crippen LogP contribution >= 0.6 is 11.8 Å². The van der Waals surface area contributed by atoms with Crippen LogP contribution in [0.5, 0.6) is 0 Å². The number of anilines is 1. The average molecular weight is 287 g/mol. The van der Waals surface area contributed by atoms with Gasteiger partial charge in [0, 0.05) is 38.2 Å². The van der Waals surface area contributed by atoms with Crippen molar-refractivity contribution in [2.75, 3.05) is 30.9 Å². The van der Waals surface area contributed by atoms with Crippen LogP contribution in [0.2, 0.25) is 0 Å². The monoisotopic (exact) mass is 287 g/mol. The van der Waals surface area contributed by atoms with Crippen LogP contribution < -0.4 is 5.32 Å². The molecule has 7 heteroatoms. The first-order chi connectivity index (χ1) is 8.55. The summed E-state index contributed by atoms with van der Waals surface area (Å²) < 4.78 is 26.4. The van der Waals surface area contributed by atoms with Crippen LogP contribution in [0.25, 0.3) is 0 Å². The zero-order chi connectivity index (χ0) is 13.2. The van der Waals surface area contributed by atoms with Crippen molar-refractivity contribution in [2.24, 2.45) is 0 Å². The maximum absolute atomic E-state index is 12.4. The summed E-state index contributed by atoms with van der Waals surface area (Å²) in [6, 6.07) is 3.20. The highest BCUT2D eigenvalue weighted by atomic mass is 32.2. The lowest BCUT2D eigenvalue weighted by Crippen LogP contribution is -2.36. The highest BCUT2D eigenvalue weighted by Gasteiger charge is 2.30. The highest BCUT2D eigenvalue weighted by molar-refractivity contribution is 7.99. The van der Waals surface area contributed by atoms with Gasteiger partial charge in [-0.05, 0) is 18.2 Å². The first kappa shape index (κ1) is 13.6. The molecular weight excluding hydrogens is 270 g/mol. The number of rotatable bonds is 4. The molecular formula is C11H17N3O2S2. The number of hydrogen-bond donors (Lipinski definition) is 1. The van der Waals surface area contributed by atoms with Gasteiger partial charge < -0.3 is 5.32 Å². The van der Waals surface area contributed by atoms with Crippen molar-refractivity contribution in [1.82, 2.24) is 9.29 Å². The fourth-order valence-corrected chi connectivity index (χ4v) is 4.64. The molecule has 0 aromatic carbocycles. The summed E-state index contributed by atoms with van der Waals surface area (Å²) in [6.07, 6.45) is 2.43. The molecule has 1 atom stereocenters. The summed E-state index contributed by atoms with van der Waals surface area (Å²) >= 11 is 1.80. The molecule has 100 valence electrons. The van der Waals surface area contributed by atoms with Gasteiger partial charge in [-0.3, -0.25) is 0 Å². The zero-order valence-electron chi connectivity index (χ0n) is 10.5. The Morgan fingerprint density at radius 2 is 2.33 bits per heavy atom. The number of sulfonamides is 1. The van der Waals surface area contributed by atoms with Gasteiger partial charge in [0.15, 0.2) is 0 Å². The fourth-order valence-electron chi connectivity index (χ4n) is 1.88. The molecule has 0 spiro atoms. The zero-order valence-corrected chi connectivity index (χ0v) is 12.1. The maximum Gasteiger partial charge on any atom is 0.243 e. The summed E-state index contributed by atoms with van der Waals surface area (Å²) in [4.78, 5) is 4.32. The highest BCUT2D eigenvalue weighted by Crippen LogP contribution is 2.26. The summed E-state index contributed by atoms with van der Waals surface area (Å²) in [6.45, 7) is 0. The van der Waals surface area contributed by atoms with Gasteiger partial charge in [0.05, 0.1) is 4.90 Å². The second-order valence-electron chi connectivity index (χ2n) is 4.17. The summed E-state index contributed by atoms with van der Waals surface area (Å²) in [7, 11) is -0.0386. The van der Waals surface area contributed by atoms with Crippen molar-refractivity contribution in [2.45, 2.75) is 17.4 Å². The Bertz CT molecular complexity index is 513. The molecule has 1 saturated heterocycles. The third-order valence-corrected chi connectivity index (χ3v) is 6.14. The molecule has 2 rings (SSSR count). The second kappa shape index (κ2) is 5.46. The van der Waals surface area contributed by atoms with Gasteiger partial charge in [0.25, 0.3) is 0 Å². The van der Waals surface area contributed by atoms with Crippen LogP contribution in [0.1, 0.15) is 6.42 Å². The van der Waals surface area contributed by atoms with Crippen molar-refractivity contribution in [3.8, 4) is 0 Å². The SMILES string of the molecule is CNc1cc(S(=O)(=O)N(C)C2CCSC2)ccn1. The minimum atomic E-state index is -3.41. The molecule has 1 unspecified atom stereocenters. The van der Waals surface area contributed by atoms with E-state index in [1.54, 1.807) is 31.9 Å². The van der Waals surface area contributed by atoms with E-state index in [0.717, 1.165) is 17.9 Å². The van der Waals surface area contributed by atoms with E-state index >= 15 is 0 Å². The predicted molar refractivity (Wildman–Crippen MR) is 74.5 cm³/mol. The molecule has 0 amide bonds. The van der Waals surface area contributed by atoms with E-state index in [0.29, 0.717) is 10.7 Å². The molecule has 5 nitrogen and oxygen atoms in total. The molecule has 1 aliphatic rings. The topological polar surface area (TPSA) is 62.3 Å². The van der Waals surface area contributed by atoms with E-state index in [1.165, 1.54) is 16.6 Å². The van der Waals surface area contributed by atoms with Crippen LogP contribution in [0, 0.1) is 0 Å². The number of nitrogens with one attached hydrogen (secondary N) is 1. The lowest BCUT2D eigenvalue weighted by molar-refractivity contribution is 0.394. The summed E-state index contributed by atoms with van der Waals surface area (Å²) in [5.74, 6) is 2.47. The van der Waals surface area contributed by atoms with Gasteiger partial charge in [-0.2, -0.15) is 16.1 Å². The summed E-state index contributed by atoms with van der Waals surface area (Å²) in [5.41, 5.74) is 0. The second-order valence-corrected chi connectivity index (χ2v) is 7.31. The van der Waals surface area contributed by atoms with E-state index in [2.05, 4.69) is 10.3 Å². The normalized spacial score (nSPS) is 20.3. The Kier molecular flexibility index (Phi) is 4.14. The number of hydrogen-bond acceptors (Lipinski definition) is 5. The molecule has 0 aliphatic carbocycles. The average Bonchev–Trinajstić information content (AvgIpc) is 2.91. The molecule has 1 aromatic rings. The van der Waals surface area contributed by atoms with Gasteiger partial charge in [-0.15, -0.1) is 0 Å². The van der Waals surface area contributed by atoms with Crippen LogP contribution in [0.4, 0.5) is 5.82 Å². The molecule has 1 aliphatic heterocycles. The third kappa shape index (κ3) is 2.62. The molecule has 1 aromatic heterocycles. The fraction of sp³-hybridized carbons (Fsp3) is 0.545. The molecule has 2 heterocycles. The van der Waals surface area contributed by atoms with Gasteiger partial charge >= 0.3 is 0 Å². The molecule has 0 radical (unpaired) electrons. The number of aromatic nitrogens is 1. The molecule has 18 heavy (non-hydrogen) atoms. The largest absolute Gasteiger partial charge is 0.373 e. The Morgan fingerprint density at radius 3 is 2.94 bits per heavy atom. The maximum atomic E-state index is 12.4. The van der Waals surface area contributed by atoms with Crippen molar-refractivity contribution < 1.29 is 8.42 Å². The minimum absolute atomic E-state index is 0.103. The van der Waals surface area contributed by atoms with E-state index in [4.69, 9.17) is 0 Å². The van der Waals surface area contributed by atoms with Gasteiger partial charge in [0.2, 0.25) is 10.0 Å². The van der Waals surface area contributed by atoms with Crippen molar-refractivity contribution in [1.29, 1.82) is 0 Å². The first-order valence-corrected chi connectivity index (χ1v) is 8.35. The number of nitrogens with zero attached hydrogens (tertiary/aromatic N) is 2. The van der Waals surface area contributed by atoms with Crippen LogP contribution in [0.15, 0.2) is 23.2 Å². The minimum Gasteiger partial charge on any atom is -0.373 e. The van der Waals surface area contributed by atoms with E-state index < -0.39 is 10.0 Å². The Balaban J connectivity index is 2.28. The Hall–Kier alpha value is -0.790. The van der Waals surface area contributed by atoms with Crippen molar-refractivity contribution >= 4 is 27.6 Å². The van der Waals surface area contributed by atoms with Crippen LogP contribution in [-0.2, 0) is 10.0 Å². The molecule has 1 N–H and O–H groups in total. The first-order valence-electron chi connectivity index (χ1n) is 5.75. The van der Waals surface area contributed by atoms with Crippen molar-refractivity contribution in [3.05, 3.63) is 18.3 Å². The van der Waals surface area contributed by atoms with E-state index in [1.807, 2.05) is 0 Å². The van der Waals surface area contributed by atoms with Crippen LogP contribution in [0.3, 0.4) is 0 Å². The van der Waals surface area contributed by atoms with Gasteiger partial charge in [0.1, 0.15) is 5.82 Å². The summed E-state index contributed by atoms with van der Waals surface area (Å²) in [5, 5.41) is 2.85. The predicted octanol–water partition coefficient (Wildman–Crippen LogP) is 1.25. The Labute approximate surface area is 112 Å². The van der Waals surface area contributed by atoms with Crippen LogP contribution in [-0.4, -0.2) is 49.3 Å². The molecule has 1 fully saturated rings. The third-order valence-electron chi connectivity index (χ3n) is 3.08. The Morgan fingerprint density at radius 1 is 1.56 bits per heavy atom. The van der Waals surface area contributed by atoms with Gasteiger partial charge in [-0.25, -0.2) is 13.4 Å². The lowest BCUT2D eigenvalue weighted by Gasteiger charge is -2.23. The van der Waals surface area contributed by atoms with Crippen molar-refractivity contribution in [3.63, 3.8) is 0 Å². The van der Waals surface area contributed by atoms with Gasteiger partial charge in [-0.1, -0.05) is 0 Å². The number of pyridine rings is 1.